The van der Waals surface area contributed by atoms with E-state index in [1.54, 1.807) is 0 Å². The van der Waals surface area contributed by atoms with Crippen LogP contribution in [-0.2, 0) is 0 Å². The van der Waals surface area contributed by atoms with Crippen LogP contribution in [0.5, 0.6) is 0 Å². The molecule has 0 fully saturated rings. The molecule has 1 unspecified atom stereocenters. The van der Waals surface area contributed by atoms with Crippen molar-refractivity contribution in [1.29, 1.82) is 0 Å². The minimum Gasteiger partial charge on any atom is -0.356 e. The summed E-state index contributed by atoms with van der Waals surface area (Å²) in [6.45, 7) is 9.32. The van der Waals surface area contributed by atoms with Gasteiger partial charge in [0.15, 0.2) is 0 Å². The normalized spacial score (nSPS) is 15.7. The maximum absolute atomic E-state index is 2.65. The van der Waals surface area contributed by atoms with Crippen molar-refractivity contribution < 1.29 is 0 Å². The summed E-state index contributed by atoms with van der Waals surface area (Å²) in [5.74, 6) is 0. The highest BCUT2D eigenvalue weighted by atomic mass is 15.4. The van der Waals surface area contributed by atoms with Gasteiger partial charge >= 0.3 is 0 Å². The largest absolute Gasteiger partial charge is 0.356 e. The Hall–Kier alpha value is -0.660. The standard InChI is InChI=1S/C32H64N2/c1-4-7-9-11-13-15-17-18-19-21-23-25-27-29-34-31-30-33(6-3)32(34)28-26-24-22-20-16-14-12-10-8-5-2/h30-32H,4-29H2,1-3H3. The number of rotatable bonds is 26. The Kier molecular flexibility index (Phi) is 22.2. The predicted molar refractivity (Wildman–Crippen MR) is 154 cm³/mol. The Morgan fingerprint density at radius 3 is 1.18 bits per heavy atom. The fourth-order valence-electron chi connectivity index (χ4n) is 5.56. The molecule has 0 aromatic carbocycles. The van der Waals surface area contributed by atoms with Gasteiger partial charge in [0.05, 0.1) is 0 Å². The summed E-state index contributed by atoms with van der Waals surface area (Å²) >= 11 is 0. The van der Waals surface area contributed by atoms with Gasteiger partial charge in [0.25, 0.3) is 0 Å². The molecular formula is C32H64N2. The third-order valence-electron chi connectivity index (χ3n) is 7.92. The summed E-state index contributed by atoms with van der Waals surface area (Å²) < 4.78 is 0. The smallest absolute Gasteiger partial charge is 0.101 e. The monoisotopic (exact) mass is 477 g/mol. The van der Waals surface area contributed by atoms with Gasteiger partial charge in [-0.15, -0.1) is 0 Å². The van der Waals surface area contributed by atoms with Gasteiger partial charge < -0.3 is 9.80 Å². The first-order valence-corrected chi connectivity index (χ1v) is 16.0. The van der Waals surface area contributed by atoms with Crippen molar-refractivity contribution >= 4 is 0 Å². The molecule has 0 aromatic rings. The van der Waals surface area contributed by atoms with Gasteiger partial charge in [-0.1, -0.05) is 149 Å². The van der Waals surface area contributed by atoms with E-state index in [1.165, 1.54) is 161 Å². The first-order chi connectivity index (χ1) is 16.8. The molecule has 0 aromatic heterocycles. The highest BCUT2D eigenvalue weighted by Crippen LogP contribution is 2.23. The second-order valence-electron chi connectivity index (χ2n) is 11.1. The lowest BCUT2D eigenvalue weighted by Crippen LogP contribution is -2.38. The molecule has 1 atom stereocenters. The Bertz CT molecular complexity index is 433. The van der Waals surface area contributed by atoms with E-state index in [-0.39, 0.29) is 0 Å². The summed E-state index contributed by atoms with van der Waals surface area (Å²) in [6, 6.07) is 0. The van der Waals surface area contributed by atoms with Crippen LogP contribution >= 0.6 is 0 Å². The van der Waals surface area contributed by atoms with Gasteiger partial charge in [-0.25, -0.2) is 0 Å². The van der Waals surface area contributed by atoms with E-state index in [9.17, 15) is 0 Å². The fourth-order valence-corrected chi connectivity index (χ4v) is 5.56. The zero-order chi connectivity index (χ0) is 24.5. The molecule has 2 heteroatoms. The van der Waals surface area contributed by atoms with Gasteiger partial charge in [0.1, 0.15) is 6.17 Å². The Labute approximate surface area is 216 Å². The first-order valence-electron chi connectivity index (χ1n) is 16.0. The number of hydrogen-bond acceptors (Lipinski definition) is 2. The van der Waals surface area contributed by atoms with E-state index in [0.29, 0.717) is 6.17 Å². The maximum Gasteiger partial charge on any atom is 0.101 e. The van der Waals surface area contributed by atoms with Gasteiger partial charge in [-0.05, 0) is 26.2 Å². The van der Waals surface area contributed by atoms with Crippen molar-refractivity contribution in [3.63, 3.8) is 0 Å². The molecule has 0 bridgehead atoms. The minimum atomic E-state index is 0.636. The third kappa shape index (κ3) is 16.9. The molecule has 1 rings (SSSR count). The van der Waals surface area contributed by atoms with Gasteiger partial charge in [-0.3, -0.25) is 0 Å². The molecule has 1 heterocycles. The predicted octanol–water partition coefficient (Wildman–Crippen LogP) is 10.8. The third-order valence-corrected chi connectivity index (χ3v) is 7.92. The molecule has 0 saturated carbocycles. The molecule has 0 aliphatic carbocycles. The topological polar surface area (TPSA) is 6.48 Å². The fraction of sp³-hybridized carbons (Fsp3) is 0.938. The molecule has 0 amide bonds. The van der Waals surface area contributed by atoms with Crippen LogP contribution in [-0.4, -0.2) is 29.1 Å². The van der Waals surface area contributed by atoms with Crippen LogP contribution in [0, 0.1) is 0 Å². The molecule has 202 valence electrons. The Morgan fingerprint density at radius 2 is 0.765 bits per heavy atom. The van der Waals surface area contributed by atoms with Crippen LogP contribution in [0.4, 0.5) is 0 Å². The zero-order valence-corrected chi connectivity index (χ0v) is 24.0. The SMILES string of the molecule is CCCCCCCCCCCCCCCN1C=CN(CC)C1CCCCCCCCCCCC. The van der Waals surface area contributed by atoms with Crippen molar-refractivity contribution in [2.45, 2.75) is 181 Å². The Morgan fingerprint density at radius 1 is 0.412 bits per heavy atom. The van der Waals surface area contributed by atoms with E-state index in [4.69, 9.17) is 0 Å². The maximum atomic E-state index is 2.65. The number of unbranched alkanes of at least 4 members (excludes halogenated alkanes) is 21. The molecule has 34 heavy (non-hydrogen) atoms. The van der Waals surface area contributed by atoms with Crippen molar-refractivity contribution in [3.05, 3.63) is 12.4 Å². The van der Waals surface area contributed by atoms with Crippen molar-refractivity contribution in [3.8, 4) is 0 Å². The van der Waals surface area contributed by atoms with Crippen LogP contribution < -0.4 is 0 Å². The van der Waals surface area contributed by atoms with E-state index >= 15 is 0 Å². The molecule has 0 saturated heterocycles. The van der Waals surface area contributed by atoms with E-state index in [0.717, 1.165) is 6.54 Å². The van der Waals surface area contributed by atoms with Gasteiger partial charge in [0, 0.05) is 25.5 Å². The average Bonchev–Trinajstić information content (AvgIpc) is 3.24. The molecule has 0 spiro atoms. The van der Waals surface area contributed by atoms with Crippen LogP contribution in [0.1, 0.15) is 175 Å². The van der Waals surface area contributed by atoms with Crippen LogP contribution in [0.15, 0.2) is 12.4 Å². The lowest BCUT2D eigenvalue weighted by atomic mass is 10.0. The summed E-state index contributed by atoms with van der Waals surface area (Å²) in [5, 5.41) is 0. The lowest BCUT2D eigenvalue weighted by molar-refractivity contribution is 0.142. The van der Waals surface area contributed by atoms with Gasteiger partial charge in [0.2, 0.25) is 0 Å². The first kappa shape index (κ1) is 31.4. The second-order valence-corrected chi connectivity index (χ2v) is 11.1. The highest BCUT2D eigenvalue weighted by Gasteiger charge is 2.23. The summed E-state index contributed by atoms with van der Waals surface area (Å²) in [6.07, 6.45) is 39.8. The average molecular weight is 477 g/mol. The molecule has 2 nitrogen and oxygen atoms in total. The van der Waals surface area contributed by atoms with Crippen LogP contribution in [0.3, 0.4) is 0 Å². The lowest BCUT2D eigenvalue weighted by Gasteiger charge is -2.32. The molecule has 1 aliphatic heterocycles. The van der Waals surface area contributed by atoms with E-state index < -0.39 is 0 Å². The highest BCUT2D eigenvalue weighted by molar-refractivity contribution is 4.96. The molecule has 0 radical (unpaired) electrons. The van der Waals surface area contributed by atoms with Crippen molar-refractivity contribution in [1.82, 2.24) is 9.80 Å². The van der Waals surface area contributed by atoms with E-state index in [1.807, 2.05) is 0 Å². The van der Waals surface area contributed by atoms with Crippen LogP contribution in [0.2, 0.25) is 0 Å². The van der Waals surface area contributed by atoms with Crippen molar-refractivity contribution in [2.24, 2.45) is 0 Å². The summed E-state index contributed by atoms with van der Waals surface area (Å²) in [7, 11) is 0. The molecular weight excluding hydrogens is 412 g/mol. The summed E-state index contributed by atoms with van der Waals surface area (Å²) in [4.78, 5) is 5.21. The van der Waals surface area contributed by atoms with E-state index in [2.05, 4.69) is 43.0 Å². The quantitative estimate of drug-likeness (QED) is 0.114. The van der Waals surface area contributed by atoms with Gasteiger partial charge in [-0.2, -0.15) is 0 Å². The molecule has 1 aliphatic rings. The molecule has 0 N–H and O–H groups in total. The second kappa shape index (κ2) is 24.1. The summed E-state index contributed by atoms with van der Waals surface area (Å²) in [5.41, 5.74) is 0. The Balaban J connectivity index is 1.98. The zero-order valence-electron chi connectivity index (χ0n) is 24.0. The van der Waals surface area contributed by atoms with Crippen molar-refractivity contribution in [2.75, 3.05) is 13.1 Å². The number of nitrogens with zero attached hydrogens (tertiary/aromatic N) is 2. The number of hydrogen-bond donors (Lipinski definition) is 0. The minimum absolute atomic E-state index is 0.636. The van der Waals surface area contributed by atoms with Crippen LogP contribution in [0.25, 0.3) is 0 Å².